The van der Waals surface area contributed by atoms with Gasteiger partial charge in [-0.05, 0) is 6.92 Å². The first-order valence-corrected chi connectivity index (χ1v) is 26.8. The zero-order valence-corrected chi connectivity index (χ0v) is 46.5. The van der Waals surface area contributed by atoms with Crippen LogP contribution < -0.4 is 21.3 Å². The summed E-state index contributed by atoms with van der Waals surface area (Å²) in [5, 5.41) is 11.0. The summed E-state index contributed by atoms with van der Waals surface area (Å²) in [6.45, 7) is 0.716. The third-order valence-corrected chi connectivity index (χ3v) is 11.5. The summed E-state index contributed by atoms with van der Waals surface area (Å²) in [6, 6.07) is 0. The Morgan fingerprint density at radius 1 is 0.341 bits per heavy atom. The zero-order chi connectivity index (χ0) is 62.1. The Bertz CT molecular complexity index is 2360. The number of hydrogen-bond donors (Lipinski definition) is 4. The monoisotopic (exact) mass is 1220 g/mol. The van der Waals surface area contributed by atoms with Gasteiger partial charge in [0.25, 0.3) is 47.3 Å². The number of nitrogens with one attached hydrogen (secondary N) is 4. The first-order valence-electron chi connectivity index (χ1n) is 26.8. The second kappa shape index (κ2) is 38.0. The lowest BCUT2D eigenvalue weighted by molar-refractivity contribution is -0.197. The van der Waals surface area contributed by atoms with Crippen LogP contribution in [-0.4, -0.2) is 245 Å². The normalized spacial score (nSPS) is 16.2. The van der Waals surface area contributed by atoms with E-state index in [4.69, 9.17) is 47.6 Å². The number of hydrogen-bond acceptors (Lipinski definition) is 28. The molecule has 4 fully saturated rings. The van der Waals surface area contributed by atoms with Crippen molar-refractivity contribution in [2.24, 2.45) is 0 Å². The Morgan fingerprint density at radius 2 is 0.588 bits per heavy atom. The molecule has 0 radical (unpaired) electrons. The largest absolute Gasteiger partial charge is 0.377 e. The maximum atomic E-state index is 12.3. The van der Waals surface area contributed by atoms with E-state index in [1.54, 1.807) is 6.92 Å². The molecule has 3 atom stereocenters. The number of carbonyl (C=O) groups excluding carboxylic acids is 16. The molecule has 4 aliphatic rings. The van der Waals surface area contributed by atoms with Crippen molar-refractivity contribution in [3.63, 3.8) is 0 Å². The van der Waals surface area contributed by atoms with Crippen molar-refractivity contribution in [3.8, 4) is 0 Å². The first-order chi connectivity index (χ1) is 40.7. The summed E-state index contributed by atoms with van der Waals surface area (Å²) in [6.07, 6.45) is -6.74. The van der Waals surface area contributed by atoms with Crippen molar-refractivity contribution in [2.75, 3.05) is 112 Å². The molecule has 36 heteroatoms. The second-order valence-electron chi connectivity index (χ2n) is 18.1. The summed E-state index contributed by atoms with van der Waals surface area (Å²) in [4.78, 5) is 210. The summed E-state index contributed by atoms with van der Waals surface area (Å²) in [5.41, 5.74) is 0. The standard InChI is InChI=1S/C49H68N8O28/c1-31(79-23-20-75-15-11-51-34(59)27-46(71)83-55-39(64)4-5-40(55)65)49(81-25-22-77-17-13-53-36(61)29-48(73)85-57-43(68)8-9-44(57)69)32(80-24-21-76-16-12-52-35(60)28-47(72)84-56-41(66)6-7-42(56)67)30-78-19-18-74-14-10-50-33(58)26-45(70)82-54-37(62)2-3-38(54)63/h31-32,49H,2-30H2,1H3,(H,50,58)(H,51,59)(H,52,60)(H,53,61). The van der Waals surface area contributed by atoms with Gasteiger partial charge in [-0.15, -0.1) is 20.3 Å². The van der Waals surface area contributed by atoms with Gasteiger partial charge in [0.05, 0.1) is 92.0 Å². The van der Waals surface area contributed by atoms with Gasteiger partial charge in [0, 0.05) is 77.5 Å². The molecule has 3 unspecified atom stereocenters. The Balaban J connectivity index is 1.27. The van der Waals surface area contributed by atoms with Crippen LogP contribution in [-0.2, 0) is 134 Å². The van der Waals surface area contributed by atoms with Crippen molar-refractivity contribution in [3.05, 3.63) is 0 Å². The van der Waals surface area contributed by atoms with Crippen molar-refractivity contribution in [2.45, 2.75) is 102 Å². The van der Waals surface area contributed by atoms with Crippen LogP contribution in [0.2, 0.25) is 0 Å². The van der Waals surface area contributed by atoms with Gasteiger partial charge in [-0.25, -0.2) is 19.2 Å². The Morgan fingerprint density at radius 3 is 0.882 bits per heavy atom. The van der Waals surface area contributed by atoms with Crippen molar-refractivity contribution in [1.29, 1.82) is 0 Å². The molecule has 4 aliphatic heterocycles. The van der Waals surface area contributed by atoms with Gasteiger partial charge in [0.2, 0.25) is 23.6 Å². The SMILES string of the molecule is CC(OCCOCCNC(=O)CC(=O)ON1C(=O)CCC1=O)C(OCCOCCNC(=O)CC(=O)ON1C(=O)CCC1=O)C(COCCOCCNC(=O)CC(=O)ON1C(=O)CCC1=O)OCCOCCNC(=O)CC(=O)ON1C(=O)CCC1=O. The fraction of sp³-hybridized carbons (Fsp3) is 0.673. The van der Waals surface area contributed by atoms with Gasteiger partial charge in [-0.1, -0.05) is 0 Å². The van der Waals surface area contributed by atoms with Crippen LogP contribution in [0.3, 0.4) is 0 Å². The van der Waals surface area contributed by atoms with Crippen LogP contribution in [0, 0.1) is 0 Å². The van der Waals surface area contributed by atoms with E-state index in [1.807, 2.05) is 0 Å². The molecule has 472 valence electrons. The number of imide groups is 4. The van der Waals surface area contributed by atoms with Gasteiger partial charge in [0.1, 0.15) is 37.9 Å². The van der Waals surface area contributed by atoms with Crippen molar-refractivity contribution < 1.29 is 134 Å². The van der Waals surface area contributed by atoms with Gasteiger partial charge in [-0.3, -0.25) is 57.5 Å². The fourth-order valence-electron chi connectivity index (χ4n) is 7.39. The van der Waals surface area contributed by atoms with Crippen molar-refractivity contribution >= 4 is 94.8 Å². The molecule has 0 saturated carbocycles. The minimum atomic E-state index is -1.12. The van der Waals surface area contributed by atoms with Crippen LogP contribution in [0.4, 0.5) is 0 Å². The molecule has 0 aromatic carbocycles. The number of amides is 12. The predicted octanol–water partition coefficient (Wildman–Crippen LogP) is -5.30. The molecule has 4 saturated heterocycles. The predicted molar refractivity (Wildman–Crippen MR) is 268 cm³/mol. The van der Waals surface area contributed by atoms with E-state index in [9.17, 15) is 76.7 Å². The topological polar surface area (TPSA) is 445 Å². The highest BCUT2D eigenvalue weighted by molar-refractivity contribution is 6.05. The molecule has 0 aromatic rings. The number of hydroxylamine groups is 8. The molecule has 85 heavy (non-hydrogen) atoms. The van der Waals surface area contributed by atoms with Crippen LogP contribution in [0.25, 0.3) is 0 Å². The van der Waals surface area contributed by atoms with Gasteiger partial charge >= 0.3 is 23.9 Å². The molecular formula is C49H68N8O28. The highest BCUT2D eigenvalue weighted by Gasteiger charge is 2.37. The average Bonchev–Trinajstić information content (AvgIpc) is 4.41. The van der Waals surface area contributed by atoms with E-state index in [0.29, 0.717) is 20.3 Å². The molecule has 12 amide bonds. The van der Waals surface area contributed by atoms with E-state index < -0.39 is 139 Å². The molecular weight excluding hydrogens is 1150 g/mol. The number of carbonyl (C=O) groups is 16. The van der Waals surface area contributed by atoms with Gasteiger partial charge in [-0.2, -0.15) is 0 Å². The lowest BCUT2D eigenvalue weighted by atomic mass is 10.1. The molecule has 0 aliphatic carbocycles. The van der Waals surface area contributed by atoms with E-state index in [2.05, 4.69) is 30.9 Å². The second-order valence-corrected chi connectivity index (χ2v) is 18.1. The highest BCUT2D eigenvalue weighted by Crippen LogP contribution is 2.17. The Hall–Kier alpha value is -8.00. The minimum absolute atomic E-state index is 0.00565. The number of ether oxygens (including phenoxy) is 8. The van der Waals surface area contributed by atoms with Crippen molar-refractivity contribution in [1.82, 2.24) is 41.5 Å². The summed E-state index contributed by atoms with van der Waals surface area (Å²) in [5.74, 6) is -13.2. The lowest BCUT2D eigenvalue weighted by Crippen LogP contribution is -2.45. The maximum Gasteiger partial charge on any atom is 0.342 e. The van der Waals surface area contributed by atoms with Gasteiger partial charge in [0.15, 0.2) is 0 Å². The van der Waals surface area contributed by atoms with Crippen LogP contribution in [0.15, 0.2) is 0 Å². The molecule has 4 heterocycles. The van der Waals surface area contributed by atoms with E-state index in [1.165, 1.54) is 0 Å². The summed E-state index contributed by atoms with van der Waals surface area (Å²) < 4.78 is 46.6. The smallest absolute Gasteiger partial charge is 0.342 e. The average molecular weight is 1220 g/mol. The maximum absolute atomic E-state index is 12.3. The highest BCUT2D eigenvalue weighted by atomic mass is 16.7. The molecule has 0 bridgehead atoms. The fourth-order valence-corrected chi connectivity index (χ4v) is 7.39. The Labute approximate surface area is 483 Å². The first kappa shape index (κ1) is 69.5. The third-order valence-electron chi connectivity index (χ3n) is 11.5. The summed E-state index contributed by atoms with van der Waals surface area (Å²) in [7, 11) is 0. The molecule has 36 nitrogen and oxygen atoms in total. The summed E-state index contributed by atoms with van der Waals surface area (Å²) >= 11 is 0. The van der Waals surface area contributed by atoms with Gasteiger partial charge < -0.3 is 78.5 Å². The molecule has 0 spiro atoms. The molecule has 4 rings (SSSR count). The molecule has 4 N–H and O–H groups in total. The number of rotatable bonds is 43. The lowest BCUT2D eigenvalue weighted by Gasteiger charge is -2.32. The van der Waals surface area contributed by atoms with E-state index >= 15 is 0 Å². The van der Waals surface area contributed by atoms with E-state index in [0.717, 1.165) is 0 Å². The molecule has 0 aromatic heterocycles. The quantitative estimate of drug-likeness (QED) is 0.0252. The Kier molecular flexibility index (Phi) is 31.1. The minimum Gasteiger partial charge on any atom is -0.377 e. The van der Waals surface area contributed by atoms with Crippen LogP contribution in [0.5, 0.6) is 0 Å². The van der Waals surface area contributed by atoms with E-state index in [-0.39, 0.29) is 163 Å². The third kappa shape index (κ3) is 26.6. The number of nitrogens with zero attached hydrogens (tertiary/aromatic N) is 4. The van der Waals surface area contributed by atoms with Crippen LogP contribution in [0.1, 0.15) is 84.0 Å². The van der Waals surface area contributed by atoms with Crippen LogP contribution >= 0.6 is 0 Å². The zero-order valence-electron chi connectivity index (χ0n) is 46.5.